The van der Waals surface area contributed by atoms with Gasteiger partial charge in [0.1, 0.15) is 0 Å². The van der Waals surface area contributed by atoms with Crippen LogP contribution in [0.4, 0.5) is 0 Å². The summed E-state index contributed by atoms with van der Waals surface area (Å²) in [5, 5.41) is 0. The minimum absolute atomic E-state index is 0.0821. The molecule has 0 saturated heterocycles. The standard InChI is InChI=1S/C18H20N2O/c1-3-12-19-16-6-4-5-7-17(16)20(18(19)21)13-15-10-8-14(2)9-11-15/h4-11H,3,12-13H2,1-2H3. The molecule has 3 heteroatoms. The Hall–Kier alpha value is -2.29. The Labute approximate surface area is 124 Å². The third-order valence-corrected chi connectivity index (χ3v) is 3.83. The molecule has 3 nitrogen and oxygen atoms in total. The monoisotopic (exact) mass is 280 g/mol. The van der Waals surface area contributed by atoms with E-state index in [9.17, 15) is 4.79 Å². The Morgan fingerprint density at radius 1 is 0.905 bits per heavy atom. The van der Waals surface area contributed by atoms with E-state index >= 15 is 0 Å². The number of nitrogens with zero attached hydrogens (tertiary/aromatic N) is 2. The van der Waals surface area contributed by atoms with Crippen molar-refractivity contribution >= 4 is 11.0 Å². The fraction of sp³-hybridized carbons (Fsp3) is 0.278. The molecule has 0 bridgehead atoms. The van der Waals surface area contributed by atoms with E-state index in [1.165, 1.54) is 5.56 Å². The van der Waals surface area contributed by atoms with Crippen molar-refractivity contribution < 1.29 is 0 Å². The minimum Gasteiger partial charge on any atom is -0.292 e. The van der Waals surface area contributed by atoms with Gasteiger partial charge in [0, 0.05) is 6.54 Å². The van der Waals surface area contributed by atoms with Crippen LogP contribution in [-0.4, -0.2) is 9.13 Å². The summed E-state index contributed by atoms with van der Waals surface area (Å²) in [7, 11) is 0. The van der Waals surface area contributed by atoms with Crippen LogP contribution >= 0.6 is 0 Å². The smallest absolute Gasteiger partial charge is 0.292 e. The minimum atomic E-state index is 0.0821. The lowest BCUT2D eigenvalue weighted by Crippen LogP contribution is -2.24. The van der Waals surface area contributed by atoms with Crippen molar-refractivity contribution in [1.82, 2.24) is 9.13 Å². The van der Waals surface area contributed by atoms with Crippen LogP contribution in [0, 0.1) is 6.92 Å². The molecule has 0 aliphatic heterocycles. The van der Waals surface area contributed by atoms with Gasteiger partial charge in [-0.2, -0.15) is 0 Å². The lowest BCUT2D eigenvalue weighted by Gasteiger charge is -2.04. The number of benzene rings is 2. The molecule has 0 atom stereocenters. The van der Waals surface area contributed by atoms with Crippen molar-refractivity contribution in [2.75, 3.05) is 0 Å². The number of rotatable bonds is 4. The van der Waals surface area contributed by atoms with Gasteiger partial charge < -0.3 is 0 Å². The van der Waals surface area contributed by atoms with Crippen molar-refractivity contribution in [3.8, 4) is 0 Å². The Morgan fingerprint density at radius 2 is 1.52 bits per heavy atom. The third kappa shape index (κ3) is 2.51. The maximum Gasteiger partial charge on any atom is 0.329 e. The van der Waals surface area contributed by atoms with Crippen LogP contribution in [0.5, 0.6) is 0 Å². The Balaban J connectivity index is 2.11. The maximum absolute atomic E-state index is 12.7. The van der Waals surface area contributed by atoms with Crippen molar-refractivity contribution in [3.05, 3.63) is 70.1 Å². The van der Waals surface area contributed by atoms with E-state index < -0.39 is 0 Å². The van der Waals surface area contributed by atoms with Crippen LogP contribution in [0.15, 0.2) is 53.3 Å². The molecular formula is C18H20N2O. The van der Waals surface area contributed by atoms with Crippen molar-refractivity contribution in [2.45, 2.75) is 33.4 Å². The van der Waals surface area contributed by atoms with Crippen LogP contribution in [0.25, 0.3) is 11.0 Å². The zero-order chi connectivity index (χ0) is 14.8. The van der Waals surface area contributed by atoms with E-state index in [2.05, 4.69) is 38.1 Å². The van der Waals surface area contributed by atoms with Gasteiger partial charge in [0.2, 0.25) is 0 Å². The predicted octanol–water partition coefficient (Wildman–Crippen LogP) is 3.57. The summed E-state index contributed by atoms with van der Waals surface area (Å²) in [5.74, 6) is 0. The summed E-state index contributed by atoms with van der Waals surface area (Å²) < 4.78 is 3.75. The SMILES string of the molecule is CCCn1c(=O)n(Cc2ccc(C)cc2)c2ccccc21. The summed E-state index contributed by atoms with van der Waals surface area (Å²) >= 11 is 0. The first kappa shape index (κ1) is 13.7. The Morgan fingerprint density at radius 3 is 2.14 bits per heavy atom. The Kier molecular flexibility index (Phi) is 3.65. The van der Waals surface area contributed by atoms with Gasteiger partial charge in [0.25, 0.3) is 0 Å². The van der Waals surface area contributed by atoms with Crippen LogP contribution in [0.3, 0.4) is 0 Å². The van der Waals surface area contributed by atoms with E-state index in [4.69, 9.17) is 0 Å². The summed E-state index contributed by atoms with van der Waals surface area (Å²) in [6.45, 7) is 5.55. The van der Waals surface area contributed by atoms with Crippen molar-refractivity contribution in [1.29, 1.82) is 0 Å². The van der Waals surface area contributed by atoms with Gasteiger partial charge in [-0.05, 0) is 31.0 Å². The molecule has 3 rings (SSSR count). The quantitative estimate of drug-likeness (QED) is 0.717. The molecule has 0 saturated carbocycles. The number of para-hydroxylation sites is 2. The fourth-order valence-electron chi connectivity index (χ4n) is 2.74. The predicted molar refractivity (Wildman–Crippen MR) is 86.8 cm³/mol. The maximum atomic E-state index is 12.7. The van der Waals surface area contributed by atoms with E-state index in [0.717, 1.165) is 29.6 Å². The molecule has 1 aromatic heterocycles. The van der Waals surface area contributed by atoms with Crippen LogP contribution in [-0.2, 0) is 13.1 Å². The molecule has 0 radical (unpaired) electrons. The molecule has 2 aromatic carbocycles. The number of aromatic nitrogens is 2. The number of fused-ring (bicyclic) bond motifs is 1. The summed E-state index contributed by atoms with van der Waals surface area (Å²) in [4.78, 5) is 12.7. The second kappa shape index (κ2) is 5.60. The molecular weight excluding hydrogens is 260 g/mol. The molecule has 1 heterocycles. The molecule has 3 aromatic rings. The van der Waals surface area contributed by atoms with Crippen LogP contribution < -0.4 is 5.69 Å². The molecule has 0 aliphatic rings. The number of hydrogen-bond acceptors (Lipinski definition) is 1. The first-order chi connectivity index (χ1) is 10.2. The second-order valence-corrected chi connectivity index (χ2v) is 5.49. The summed E-state index contributed by atoms with van der Waals surface area (Å²) in [5.41, 5.74) is 4.51. The molecule has 0 N–H and O–H groups in total. The zero-order valence-corrected chi connectivity index (χ0v) is 12.5. The second-order valence-electron chi connectivity index (χ2n) is 5.49. The molecule has 21 heavy (non-hydrogen) atoms. The van der Waals surface area contributed by atoms with Gasteiger partial charge in [-0.15, -0.1) is 0 Å². The largest absolute Gasteiger partial charge is 0.329 e. The lowest BCUT2D eigenvalue weighted by atomic mass is 10.1. The molecule has 0 fully saturated rings. The van der Waals surface area contributed by atoms with Gasteiger partial charge in [0.05, 0.1) is 17.6 Å². The highest BCUT2D eigenvalue weighted by Gasteiger charge is 2.12. The summed E-state index contributed by atoms with van der Waals surface area (Å²) in [6.07, 6.45) is 0.957. The number of imidazole rings is 1. The van der Waals surface area contributed by atoms with E-state index in [-0.39, 0.29) is 5.69 Å². The Bertz CT molecular complexity index is 809. The number of hydrogen-bond donors (Lipinski definition) is 0. The highest BCUT2D eigenvalue weighted by atomic mass is 16.1. The van der Waals surface area contributed by atoms with E-state index in [1.807, 2.05) is 33.4 Å². The van der Waals surface area contributed by atoms with Gasteiger partial charge in [0.15, 0.2) is 0 Å². The van der Waals surface area contributed by atoms with Crippen molar-refractivity contribution in [3.63, 3.8) is 0 Å². The zero-order valence-electron chi connectivity index (χ0n) is 12.5. The normalized spacial score (nSPS) is 11.1. The van der Waals surface area contributed by atoms with Gasteiger partial charge in [-0.1, -0.05) is 48.9 Å². The number of aryl methyl sites for hydroxylation is 2. The summed E-state index contributed by atoms with van der Waals surface area (Å²) in [6, 6.07) is 16.4. The molecule has 0 unspecified atom stereocenters. The van der Waals surface area contributed by atoms with Gasteiger partial charge in [-0.3, -0.25) is 9.13 Å². The average Bonchev–Trinajstić information content (AvgIpc) is 2.76. The third-order valence-electron chi connectivity index (χ3n) is 3.83. The van der Waals surface area contributed by atoms with Crippen LogP contribution in [0.2, 0.25) is 0 Å². The molecule has 108 valence electrons. The fourth-order valence-corrected chi connectivity index (χ4v) is 2.74. The molecule has 0 aliphatic carbocycles. The first-order valence-corrected chi connectivity index (χ1v) is 7.44. The molecule has 0 spiro atoms. The lowest BCUT2D eigenvalue weighted by molar-refractivity contribution is 0.638. The van der Waals surface area contributed by atoms with Crippen molar-refractivity contribution in [2.24, 2.45) is 0 Å². The molecule has 0 amide bonds. The first-order valence-electron chi connectivity index (χ1n) is 7.44. The highest BCUT2D eigenvalue weighted by molar-refractivity contribution is 5.76. The highest BCUT2D eigenvalue weighted by Crippen LogP contribution is 2.15. The van der Waals surface area contributed by atoms with Gasteiger partial charge >= 0.3 is 5.69 Å². The van der Waals surface area contributed by atoms with Gasteiger partial charge in [-0.25, -0.2) is 4.79 Å². The van der Waals surface area contributed by atoms with E-state index in [0.29, 0.717) is 6.54 Å². The average molecular weight is 280 g/mol. The van der Waals surface area contributed by atoms with E-state index in [1.54, 1.807) is 0 Å². The van der Waals surface area contributed by atoms with Crippen LogP contribution in [0.1, 0.15) is 24.5 Å². The topological polar surface area (TPSA) is 26.9 Å².